The fraction of sp³-hybridized carbons (Fsp3) is 0.333. The molecule has 1 aliphatic rings. The van der Waals surface area contributed by atoms with Crippen molar-refractivity contribution >= 4 is 33.5 Å². The number of hydrogen-bond donors (Lipinski definition) is 2. The molecule has 5 heteroatoms. The van der Waals surface area contributed by atoms with E-state index >= 15 is 0 Å². The average Bonchev–Trinajstić information content (AvgIpc) is 2.43. The highest BCUT2D eigenvalue weighted by Crippen LogP contribution is 2.28. The van der Waals surface area contributed by atoms with Crippen LogP contribution in [0.15, 0.2) is 34.8 Å². The van der Waals surface area contributed by atoms with Gasteiger partial charge in [-0.25, -0.2) is 0 Å². The molecular weight excluding hydrogens is 322 g/mol. The van der Waals surface area contributed by atoms with Gasteiger partial charge in [0, 0.05) is 10.2 Å². The predicted octanol–water partition coefficient (Wildman–Crippen LogP) is 3.36. The number of aryl methyl sites for hydroxylation is 1. The fourth-order valence-electron chi connectivity index (χ4n) is 2.28. The van der Waals surface area contributed by atoms with Gasteiger partial charge in [-0.2, -0.15) is 0 Å². The van der Waals surface area contributed by atoms with Gasteiger partial charge in [-0.15, -0.1) is 0 Å². The first kappa shape index (κ1) is 14.8. The van der Waals surface area contributed by atoms with Crippen LogP contribution in [-0.2, 0) is 9.59 Å². The Bertz CT molecular complexity index is 568. The number of anilines is 1. The van der Waals surface area contributed by atoms with E-state index in [4.69, 9.17) is 0 Å². The molecule has 4 nitrogen and oxygen atoms in total. The molecule has 2 rings (SSSR count). The number of nitrogens with one attached hydrogen (secondary N) is 1. The average molecular weight is 338 g/mol. The Morgan fingerprint density at radius 1 is 1.25 bits per heavy atom. The maximum Gasteiger partial charge on any atom is 0.307 e. The molecule has 2 N–H and O–H groups in total. The number of amides is 1. The van der Waals surface area contributed by atoms with E-state index < -0.39 is 17.8 Å². The lowest BCUT2D eigenvalue weighted by Gasteiger charge is -2.24. The summed E-state index contributed by atoms with van der Waals surface area (Å²) in [5.41, 5.74) is 1.75. The highest BCUT2D eigenvalue weighted by Gasteiger charge is 2.33. The third-order valence-electron chi connectivity index (χ3n) is 3.53. The standard InChI is InChI=1S/C15H16BrNO3/c1-9-6-7-10(8-13(9)16)17-14(18)11-4-2-3-5-12(11)15(19)20/h2-3,6-8,11-12H,4-5H2,1H3,(H,17,18)(H,19,20)/t11-,12+/m1/s1. The van der Waals surface area contributed by atoms with E-state index in [0.717, 1.165) is 10.0 Å². The van der Waals surface area contributed by atoms with Gasteiger partial charge in [-0.1, -0.05) is 34.1 Å². The van der Waals surface area contributed by atoms with Gasteiger partial charge < -0.3 is 10.4 Å². The fourth-order valence-corrected chi connectivity index (χ4v) is 2.66. The van der Waals surface area contributed by atoms with Crippen molar-refractivity contribution in [3.63, 3.8) is 0 Å². The van der Waals surface area contributed by atoms with Crippen molar-refractivity contribution in [2.75, 3.05) is 5.32 Å². The van der Waals surface area contributed by atoms with Gasteiger partial charge in [-0.3, -0.25) is 9.59 Å². The van der Waals surface area contributed by atoms with Crippen LogP contribution in [0, 0.1) is 18.8 Å². The Balaban J connectivity index is 2.12. The van der Waals surface area contributed by atoms with Crippen LogP contribution in [0.25, 0.3) is 0 Å². The van der Waals surface area contributed by atoms with Crippen LogP contribution >= 0.6 is 15.9 Å². The molecule has 0 aliphatic heterocycles. The SMILES string of the molecule is Cc1ccc(NC(=O)[C@@H]2CC=CC[C@@H]2C(=O)O)cc1Br. The van der Waals surface area contributed by atoms with Crippen molar-refractivity contribution in [3.8, 4) is 0 Å². The van der Waals surface area contributed by atoms with Crippen LogP contribution in [0.1, 0.15) is 18.4 Å². The lowest BCUT2D eigenvalue weighted by molar-refractivity contribution is -0.146. The Kier molecular flexibility index (Phi) is 4.60. The minimum Gasteiger partial charge on any atom is -0.481 e. The minimum atomic E-state index is -0.917. The zero-order chi connectivity index (χ0) is 14.7. The van der Waals surface area contributed by atoms with Crippen molar-refractivity contribution < 1.29 is 14.7 Å². The molecule has 1 aromatic rings. The van der Waals surface area contributed by atoms with Crippen LogP contribution in [0.3, 0.4) is 0 Å². The number of benzene rings is 1. The number of allylic oxidation sites excluding steroid dienone is 2. The maximum atomic E-state index is 12.3. The molecule has 1 aliphatic carbocycles. The molecule has 1 amide bonds. The molecule has 0 spiro atoms. The zero-order valence-corrected chi connectivity index (χ0v) is 12.7. The number of carboxylic acids is 1. The predicted molar refractivity (Wildman–Crippen MR) is 80.5 cm³/mol. The summed E-state index contributed by atoms with van der Waals surface area (Å²) < 4.78 is 0.911. The summed E-state index contributed by atoms with van der Waals surface area (Å²) >= 11 is 3.41. The number of hydrogen-bond acceptors (Lipinski definition) is 2. The van der Waals surface area contributed by atoms with E-state index in [0.29, 0.717) is 18.5 Å². The summed E-state index contributed by atoms with van der Waals surface area (Å²) in [4.78, 5) is 23.5. The van der Waals surface area contributed by atoms with Crippen molar-refractivity contribution in [1.29, 1.82) is 0 Å². The first-order chi connectivity index (χ1) is 9.49. The van der Waals surface area contributed by atoms with Crippen LogP contribution in [-0.4, -0.2) is 17.0 Å². The second kappa shape index (κ2) is 6.22. The summed E-state index contributed by atoms with van der Waals surface area (Å²) in [6, 6.07) is 5.53. The van der Waals surface area contributed by atoms with Crippen LogP contribution in [0.2, 0.25) is 0 Å². The van der Waals surface area contributed by atoms with E-state index in [1.807, 2.05) is 37.3 Å². The van der Waals surface area contributed by atoms with Gasteiger partial charge in [-0.05, 0) is 37.5 Å². The van der Waals surface area contributed by atoms with E-state index in [1.54, 1.807) is 0 Å². The topological polar surface area (TPSA) is 66.4 Å². The van der Waals surface area contributed by atoms with Crippen LogP contribution in [0.4, 0.5) is 5.69 Å². The summed E-state index contributed by atoms with van der Waals surface area (Å²) in [6.45, 7) is 1.96. The van der Waals surface area contributed by atoms with E-state index in [2.05, 4.69) is 21.2 Å². The first-order valence-corrected chi connectivity index (χ1v) is 7.23. The number of carboxylic acid groups (broad SMARTS) is 1. The Morgan fingerprint density at radius 2 is 1.90 bits per heavy atom. The molecule has 2 atom stereocenters. The van der Waals surface area contributed by atoms with Gasteiger partial charge in [0.2, 0.25) is 5.91 Å². The van der Waals surface area contributed by atoms with Crippen molar-refractivity contribution in [2.45, 2.75) is 19.8 Å². The van der Waals surface area contributed by atoms with Gasteiger partial charge in [0.15, 0.2) is 0 Å². The molecule has 0 heterocycles. The molecule has 0 saturated carbocycles. The minimum absolute atomic E-state index is 0.238. The Morgan fingerprint density at radius 3 is 2.50 bits per heavy atom. The highest BCUT2D eigenvalue weighted by molar-refractivity contribution is 9.10. The molecule has 0 bridgehead atoms. The van der Waals surface area contributed by atoms with Gasteiger partial charge >= 0.3 is 5.97 Å². The molecule has 0 radical (unpaired) electrons. The monoisotopic (exact) mass is 337 g/mol. The number of carbonyl (C=O) groups is 2. The second-order valence-corrected chi connectivity index (χ2v) is 5.80. The number of halogens is 1. The van der Waals surface area contributed by atoms with Gasteiger partial charge in [0.1, 0.15) is 0 Å². The lowest BCUT2D eigenvalue weighted by Crippen LogP contribution is -2.34. The van der Waals surface area contributed by atoms with Crippen molar-refractivity contribution in [1.82, 2.24) is 0 Å². The summed E-state index contributed by atoms with van der Waals surface area (Å²) in [7, 11) is 0. The molecule has 1 aromatic carbocycles. The number of rotatable bonds is 3. The summed E-state index contributed by atoms with van der Waals surface area (Å²) in [6.07, 6.45) is 4.57. The molecule has 106 valence electrons. The molecule has 0 saturated heterocycles. The Hall–Kier alpha value is -1.62. The molecule has 0 fully saturated rings. The molecule has 20 heavy (non-hydrogen) atoms. The second-order valence-electron chi connectivity index (χ2n) is 4.95. The normalized spacial score (nSPS) is 21.5. The maximum absolute atomic E-state index is 12.3. The molecule has 0 aromatic heterocycles. The van der Waals surface area contributed by atoms with Crippen LogP contribution < -0.4 is 5.32 Å². The smallest absolute Gasteiger partial charge is 0.307 e. The Labute approximate surface area is 126 Å². The third kappa shape index (κ3) is 3.28. The molecular formula is C15H16BrNO3. The third-order valence-corrected chi connectivity index (χ3v) is 4.38. The van der Waals surface area contributed by atoms with Crippen molar-refractivity contribution in [2.24, 2.45) is 11.8 Å². The van der Waals surface area contributed by atoms with Gasteiger partial charge in [0.05, 0.1) is 11.8 Å². The van der Waals surface area contributed by atoms with Crippen LogP contribution in [0.5, 0.6) is 0 Å². The quantitative estimate of drug-likeness (QED) is 0.831. The van der Waals surface area contributed by atoms with Gasteiger partial charge in [0.25, 0.3) is 0 Å². The van der Waals surface area contributed by atoms with Crippen molar-refractivity contribution in [3.05, 3.63) is 40.4 Å². The number of aliphatic carboxylic acids is 1. The lowest BCUT2D eigenvalue weighted by atomic mass is 9.82. The summed E-state index contributed by atoms with van der Waals surface area (Å²) in [5, 5.41) is 12.0. The van der Waals surface area contributed by atoms with E-state index in [9.17, 15) is 14.7 Å². The van der Waals surface area contributed by atoms with E-state index in [-0.39, 0.29) is 5.91 Å². The molecule has 0 unspecified atom stereocenters. The largest absolute Gasteiger partial charge is 0.481 e. The summed E-state index contributed by atoms with van der Waals surface area (Å²) in [5.74, 6) is -2.32. The zero-order valence-electron chi connectivity index (χ0n) is 11.1. The highest BCUT2D eigenvalue weighted by atomic mass is 79.9. The first-order valence-electron chi connectivity index (χ1n) is 6.44. The van der Waals surface area contributed by atoms with E-state index in [1.165, 1.54) is 0 Å². The number of carbonyl (C=O) groups excluding carboxylic acids is 1.